The van der Waals surface area contributed by atoms with E-state index in [0.29, 0.717) is 11.9 Å². The van der Waals surface area contributed by atoms with Crippen molar-refractivity contribution in [2.45, 2.75) is 27.7 Å². The van der Waals surface area contributed by atoms with E-state index in [0.717, 1.165) is 11.3 Å². The number of benzene rings is 2. The highest BCUT2D eigenvalue weighted by Crippen LogP contribution is 2.35. The minimum absolute atomic E-state index is 0.00985. The number of para-hydroxylation sites is 1. The minimum Gasteiger partial charge on any atom is -0.492 e. The molecule has 0 bridgehead atoms. The average Bonchev–Trinajstić information content (AvgIpc) is 2.39. The summed E-state index contributed by atoms with van der Waals surface area (Å²) in [5.41, 5.74) is 5.86. The van der Waals surface area contributed by atoms with E-state index in [-0.39, 0.29) is 8.46 Å². The highest BCUT2D eigenvalue weighted by atomic mass is 31.1. The third-order valence-electron chi connectivity index (χ3n) is 3.33. The molecule has 0 aliphatic rings. The molecule has 3 heteroatoms. The number of ether oxygens (including phenoxy) is 1. The molecule has 0 spiro atoms. The predicted molar refractivity (Wildman–Crippen MR) is 84.5 cm³/mol. The number of aryl methyl sites for hydroxylation is 3. The van der Waals surface area contributed by atoms with E-state index >= 15 is 0 Å². The smallest absolute Gasteiger partial charge is 0.196 e. The molecule has 0 saturated carbocycles. The molecular weight excluding hydrogens is 267 g/mol. The summed E-state index contributed by atoms with van der Waals surface area (Å²) in [5.74, 6) is 0.724. The lowest BCUT2D eigenvalue weighted by Crippen LogP contribution is -2.05. The Morgan fingerprint density at radius 3 is 2.30 bits per heavy atom. The molecule has 0 unspecified atom stereocenters. The lowest BCUT2D eigenvalue weighted by molar-refractivity contribution is 0.344. The van der Waals surface area contributed by atoms with Gasteiger partial charge in [-0.25, -0.2) is 0 Å². The summed E-state index contributed by atoms with van der Waals surface area (Å²) in [6.45, 7) is 8.81. The zero-order valence-corrected chi connectivity index (χ0v) is 13.3. The van der Waals surface area contributed by atoms with Crippen LogP contribution in [0.4, 0.5) is 0 Å². The number of hydrogen-bond acceptors (Lipinski definition) is 2. The van der Waals surface area contributed by atoms with Crippen LogP contribution in [-0.2, 0) is 4.57 Å². The van der Waals surface area contributed by atoms with E-state index in [1.165, 1.54) is 22.3 Å². The third-order valence-corrected chi connectivity index (χ3v) is 3.88. The average molecular weight is 286 g/mol. The summed E-state index contributed by atoms with van der Waals surface area (Å²) in [6.07, 6.45) is 0. The predicted octanol–water partition coefficient (Wildman–Crippen LogP) is 4.59. The van der Waals surface area contributed by atoms with Gasteiger partial charge in [0.2, 0.25) is 0 Å². The Labute approximate surface area is 122 Å². The fourth-order valence-corrected chi connectivity index (χ4v) is 3.11. The number of rotatable bonds is 4. The van der Waals surface area contributed by atoms with Crippen molar-refractivity contribution in [3.63, 3.8) is 0 Å². The van der Waals surface area contributed by atoms with Crippen LogP contribution in [0.2, 0.25) is 0 Å². The maximum atomic E-state index is 11.3. The summed E-state index contributed by atoms with van der Waals surface area (Å²) in [6, 6.07) is 10.1. The van der Waals surface area contributed by atoms with Crippen LogP contribution >= 0.6 is 8.46 Å². The normalized spacial score (nSPS) is 10.8. The molecule has 2 aromatic rings. The Morgan fingerprint density at radius 1 is 1.10 bits per heavy atom. The van der Waals surface area contributed by atoms with Crippen molar-refractivity contribution in [2.24, 2.45) is 0 Å². The van der Waals surface area contributed by atoms with Gasteiger partial charge < -0.3 is 4.74 Å². The quantitative estimate of drug-likeness (QED) is 0.768. The van der Waals surface area contributed by atoms with Gasteiger partial charge in [0.15, 0.2) is 8.46 Å². The van der Waals surface area contributed by atoms with Crippen molar-refractivity contribution in [1.29, 1.82) is 0 Å². The van der Waals surface area contributed by atoms with Gasteiger partial charge in [-0.3, -0.25) is 4.57 Å². The van der Waals surface area contributed by atoms with Gasteiger partial charge in [-0.15, -0.1) is 0 Å². The monoisotopic (exact) mass is 286 g/mol. The van der Waals surface area contributed by atoms with Gasteiger partial charge in [0.25, 0.3) is 0 Å². The van der Waals surface area contributed by atoms with Crippen molar-refractivity contribution in [2.75, 3.05) is 6.61 Å². The van der Waals surface area contributed by atoms with Crippen LogP contribution in [0.15, 0.2) is 30.3 Å². The molecule has 0 radical (unpaired) electrons. The Hall–Kier alpha value is -1.66. The first-order valence-corrected chi connectivity index (χ1v) is 7.57. The topological polar surface area (TPSA) is 26.3 Å². The van der Waals surface area contributed by atoms with E-state index in [1.54, 1.807) is 0 Å². The van der Waals surface area contributed by atoms with E-state index in [2.05, 4.69) is 32.9 Å². The van der Waals surface area contributed by atoms with Crippen LogP contribution in [0.25, 0.3) is 11.1 Å². The molecule has 2 aromatic carbocycles. The molecule has 0 aliphatic heterocycles. The fourth-order valence-electron chi connectivity index (χ4n) is 2.69. The van der Waals surface area contributed by atoms with E-state index in [1.807, 2.05) is 25.1 Å². The summed E-state index contributed by atoms with van der Waals surface area (Å²) >= 11 is 0. The van der Waals surface area contributed by atoms with Crippen LogP contribution in [0, 0.1) is 20.8 Å². The molecule has 0 fully saturated rings. The maximum Gasteiger partial charge on any atom is 0.196 e. The second kappa shape index (κ2) is 6.19. The first-order chi connectivity index (χ1) is 9.58. The standard InChI is InChI=1S/C17H19O2P/c1-5-19-17-14(7-6-8-15(17)20-18)16-12(3)9-11(2)10-13(16)4/h6-10H,5H2,1-4H3. The molecular formula is C17H19O2P. The Kier molecular flexibility index (Phi) is 4.57. The third kappa shape index (κ3) is 2.76. The van der Waals surface area contributed by atoms with E-state index < -0.39 is 0 Å². The van der Waals surface area contributed by atoms with Gasteiger partial charge in [0.05, 0.1) is 11.9 Å². The molecule has 104 valence electrons. The van der Waals surface area contributed by atoms with Crippen LogP contribution in [0.5, 0.6) is 5.75 Å². The first-order valence-electron chi connectivity index (χ1n) is 6.75. The Bertz CT molecular complexity index is 624. The SMILES string of the molecule is CCOc1c(P=O)cccc1-c1c(C)cc(C)cc1C. The molecule has 0 aliphatic carbocycles. The van der Waals surface area contributed by atoms with Crippen molar-refractivity contribution >= 4 is 13.8 Å². The molecule has 0 saturated heterocycles. The Balaban J connectivity index is 2.72. The zero-order chi connectivity index (χ0) is 14.7. The van der Waals surface area contributed by atoms with Gasteiger partial charge in [-0.1, -0.05) is 29.8 Å². The van der Waals surface area contributed by atoms with Crippen LogP contribution < -0.4 is 10.0 Å². The minimum atomic E-state index is -0.00985. The van der Waals surface area contributed by atoms with Crippen LogP contribution in [-0.4, -0.2) is 6.61 Å². The van der Waals surface area contributed by atoms with E-state index in [4.69, 9.17) is 4.74 Å². The molecule has 0 heterocycles. The number of hydrogen-bond donors (Lipinski definition) is 0. The van der Waals surface area contributed by atoms with Gasteiger partial charge >= 0.3 is 0 Å². The summed E-state index contributed by atoms with van der Waals surface area (Å²) in [4.78, 5) is 0. The zero-order valence-electron chi connectivity index (χ0n) is 12.4. The first kappa shape index (κ1) is 14.7. The maximum absolute atomic E-state index is 11.3. The molecule has 0 amide bonds. The second-order valence-corrected chi connectivity index (χ2v) is 5.62. The van der Waals surface area contributed by atoms with Crippen LogP contribution in [0.1, 0.15) is 23.6 Å². The molecule has 0 atom stereocenters. The molecule has 2 rings (SSSR count). The molecule has 20 heavy (non-hydrogen) atoms. The van der Waals surface area contributed by atoms with E-state index in [9.17, 15) is 4.57 Å². The van der Waals surface area contributed by atoms with Crippen molar-refractivity contribution in [1.82, 2.24) is 0 Å². The molecule has 2 nitrogen and oxygen atoms in total. The Morgan fingerprint density at radius 2 is 1.75 bits per heavy atom. The highest BCUT2D eigenvalue weighted by molar-refractivity contribution is 7.34. The molecule has 0 aromatic heterocycles. The summed E-state index contributed by atoms with van der Waals surface area (Å²) in [7, 11) is -0.00985. The van der Waals surface area contributed by atoms with Crippen LogP contribution in [0.3, 0.4) is 0 Å². The van der Waals surface area contributed by atoms with Gasteiger partial charge in [-0.05, 0) is 50.5 Å². The van der Waals surface area contributed by atoms with Crippen molar-refractivity contribution < 1.29 is 9.30 Å². The van der Waals surface area contributed by atoms with Crippen molar-refractivity contribution in [3.05, 3.63) is 47.0 Å². The summed E-state index contributed by atoms with van der Waals surface area (Å²) in [5, 5.41) is 0.698. The second-order valence-electron chi connectivity index (χ2n) is 4.95. The lowest BCUT2D eigenvalue weighted by atomic mass is 9.93. The molecule has 0 N–H and O–H groups in total. The summed E-state index contributed by atoms with van der Waals surface area (Å²) < 4.78 is 17.1. The highest BCUT2D eigenvalue weighted by Gasteiger charge is 2.15. The van der Waals surface area contributed by atoms with Gasteiger partial charge in [0, 0.05) is 5.56 Å². The van der Waals surface area contributed by atoms with Gasteiger partial charge in [-0.2, -0.15) is 0 Å². The lowest BCUT2D eigenvalue weighted by Gasteiger charge is -2.16. The van der Waals surface area contributed by atoms with Crippen molar-refractivity contribution in [3.8, 4) is 16.9 Å². The largest absolute Gasteiger partial charge is 0.492 e. The van der Waals surface area contributed by atoms with Gasteiger partial charge in [0.1, 0.15) is 5.75 Å². The fraction of sp³-hybridized carbons (Fsp3) is 0.294.